The molecule has 1 aromatic heterocycles. The van der Waals surface area contributed by atoms with Crippen molar-refractivity contribution < 1.29 is 18.7 Å². The maximum atomic E-state index is 13.1. The molecule has 5 nitrogen and oxygen atoms in total. The summed E-state index contributed by atoms with van der Waals surface area (Å²) in [6, 6.07) is 4.02. The number of methoxy groups -OCH3 is 2. The average molecular weight is 317 g/mol. The Kier molecular flexibility index (Phi) is 4.41. The van der Waals surface area contributed by atoms with Crippen LogP contribution in [0.15, 0.2) is 18.2 Å². The summed E-state index contributed by atoms with van der Waals surface area (Å²) in [5.74, 6) is -0.664. The van der Waals surface area contributed by atoms with Crippen molar-refractivity contribution in [2.75, 3.05) is 19.5 Å². The number of hydrogen-bond acceptors (Lipinski definition) is 6. The zero-order valence-electron chi connectivity index (χ0n) is 10.6. The monoisotopic (exact) mass is 316 g/mol. The van der Waals surface area contributed by atoms with Gasteiger partial charge in [0.05, 0.1) is 19.9 Å². The number of nitrogens with zero attached hydrogens (tertiary/aromatic N) is 1. The maximum absolute atomic E-state index is 13.1. The Bertz CT molecular complexity index is 648. The topological polar surface area (TPSA) is 60.5 Å². The molecule has 2 rings (SSSR count). The van der Waals surface area contributed by atoms with E-state index in [0.717, 1.165) is 11.3 Å². The molecule has 0 saturated heterocycles. The molecule has 1 heterocycles. The standard InChI is InChI=1S/C12H10ClFN2O3S/c1-18-8-5-6(14)3-4-7(8)15-12-16-10(13)9(20-12)11(17)19-2/h3-5H,1-2H3,(H,15,16). The molecular weight excluding hydrogens is 307 g/mol. The Balaban J connectivity index is 2.29. The molecule has 1 N–H and O–H groups in total. The molecule has 0 amide bonds. The van der Waals surface area contributed by atoms with Crippen LogP contribution in [0.3, 0.4) is 0 Å². The lowest BCUT2D eigenvalue weighted by molar-refractivity contribution is 0.0606. The Morgan fingerprint density at radius 1 is 1.45 bits per heavy atom. The summed E-state index contributed by atoms with van der Waals surface area (Å²) in [6.45, 7) is 0. The minimum Gasteiger partial charge on any atom is -0.494 e. The fraction of sp³-hybridized carbons (Fsp3) is 0.167. The predicted octanol–water partition coefficient (Wildman–Crippen LogP) is 3.47. The SMILES string of the molecule is COC(=O)c1sc(Nc2ccc(F)cc2OC)nc1Cl. The first-order chi connectivity index (χ1) is 9.55. The summed E-state index contributed by atoms with van der Waals surface area (Å²) in [4.78, 5) is 15.6. The second-order valence-electron chi connectivity index (χ2n) is 3.60. The molecule has 106 valence electrons. The third-order valence-electron chi connectivity index (χ3n) is 2.36. The molecule has 0 fully saturated rings. The fourth-order valence-corrected chi connectivity index (χ4v) is 2.57. The van der Waals surface area contributed by atoms with Crippen LogP contribution in [0, 0.1) is 5.82 Å². The zero-order chi connectivity index (χ0) is 14.7. The van der Waals surface area contributed by atoms with Crippen molar-refractivity contribution in [3.05, 3.63) is 34.0 Å². The van der Waals surface area contributed by atoms with Gasteiger partial charge in [-0.25, -0.2) is 14.2 Å². The van der Waals surface area contributed by atoms with Crippen molar-refractivity contribution in [1.29, 1.82) is 0 Å². The van der Waals surface area contributed by atoms with Crippen LogP contribution >= 0.6 is 22.9 Å². The number of rotatable bonds is 4. The van der Waals surface area contributed by atoms with Crippen LogP contribution in [0.2, 0.25) is 5.15 Å². The summed E-state index contributed by atoms with van der Waals surface area (Å²) in [7, 11) is 2.68. The Labute approximate surface area is 123 Å². The van der Waals surface area contributed by atoms with E-state index < -0.39 is 11.8 Å². The van der Waals surface area contributed by atoms with E-state index in [1.807, 2.05) is 0 Å². The number of esters is 1. The van der Waals surface area contributed by atoms with Gasteiger partial charge in [0, 0.05) is 6.07 Å². The lowest BCUT2D eigenvalue weighted by Crippen LogP contribution is -1.98. The van der Waals surface area contributed by atoms with Crippen molar-refractivity contribution in [2.45, 2.75) is 0 Å². The molecule has 2 aromatic rings. The van der Waals surface area contributed by atoms with Crippen LogP contribution in [0.5, 0.6) is 5.75 Å². The highest BCUT2D eigenvalue weighted by molar-refractivity contribution is 7.18. The van der Waals surface area contributed by atoms with E-state index in [1.165, 1.54) is 32.4 Å². The van der Waals surface area contributed by atoms with Crippen LogP contribution in [0.25, 0.3) is 0 Å². The number of carbonyl (C=O) groups is 1. The van der Waals surface area contributed by atoms with E-state index in [4.69, 9.17) is 16.3 Å². The Morgan fingerprint density at radius 2 is 2.20 bits per heavy atom. The van der Waals surface area contributed by atoms with Gasteiger partial charge in [-0.2, -0.15) is 0 Å². The first-order valence-corrected chi connectivity index (χ1v) is 6.59. The molecule has 0 aliphatic heterocycles. The molecule has 0 radical (unpaired) electrons. The number of aromatic nitrogens is 1. The smallest absolute Gasteiger partial charge is 0.351 e. The largest absolute Gasteiger partial charge is 0.494 e. The number of nitrogens with one attached hydrogen (secondary N) is 1. The second-order valence-corrected chi connectivity index (χ2v) is 4.96. The van der Waals surface area contributed by atoms with Gasteiger partial charge in [0.25, 0.3) is 0 Å². The molecule has 0 unspecified atom stereocenters. The van der Waals surface area contributed by atoms with Gasteiger partial charge in [-0.1, -0.05) is 22.9 Å². The van der Waals surface area contributed by atoms with Gasteiger partial charge in [0.2, 0.25) is 0 Å². The Morgan fingerprint density at radius 3 is 2.85 bits per heavy atom. The number of hydrogen-bond donors (Lipinski definition) is 1. The average Bonchev–Trinajstić information content (AvgIpc) is 2.80. The van der Waals surface area contributed by atoms with E-state index in [0.29, 0.717) is 16.6 Å². The molecule has 0 bridgehead atoms. The van der Waals surface area contributed by atoms with E-state index >= 15 is 0 Å². The van der Waals surface area contributed by atoms with E-state index in [9.17, 15) is 9.18 Å². The van der Waals surface area contributed by atoms with E-state index in [-0.39, 0.29) is 10.0 Å². The molecule has 20 heavy (non-hydrogen) atoms. The highest BCUT2D eigenvalue weighted by Gasteiger charge is 2.18. The summed E-state index contributed by atoms with van der Waals surface area (Å²) >= 11 is 6.88. The van der Waals surface area contributed by atoms with Gasteiger partial charge in [0.15, 0.2) is 15.2 Å². The second kappa shape index (κ2) is 6.06. The van der Waals surface area contributed by atoms with Crippen LogP contribution < -0.4 is 10.1 Å². The van der Waals surface area contributed by atoms with E-state index in [2.05, 4.69) is 15.0 Å². The van der Waals surface area contributed by atoms with Gasteiger partial charge in [-0.15, -0.1) is 0 Å². The van der Waals surface area contributed by atoms with Gasteiger partial charge >= 0.3 is 5.97 Å². The first kappa shape index (κ1) is 14.5. The van der Waals surface area contributed by atoms with Crippen LogP contribution in [-0.4, -0.2) is 25.2 Å². The zero-order valence-corrected chi connectivity index (χ0v) is 12.1. The lowest BCUT2D eigenvalue weighted by Gasteiger charge is -2.08. The number of benzene rings is 1. The van der Waals surface area contributed by atoms with Gasteiger partial charge in [-0.3, -0.25) is 0 Å². The summed E-state index contributed by atoms with van der Waals surface area (Å²) in [6.07, 6.45) is 0. The number of carbonyl (C=O) groups excluding carboxylic acids is 1. The molecule has 8 heteroatoms. The van der Waals surface area contributed by atoms with Crippen LogP contribution in [0.4, 0.5) is 15.2 Å². The summed E-state index contributed by atoms with van der Waals surface area (Å²) < 4.78 is 22.7. The van der Waals surface area contributed by atoms with Crippen LogP contribution in [-0.2, 0) is 4.74 Å². The number of halogens is 2. The number of ether oxygens (including phenoxy) is 2. The third kappa shape index (κ3) is 3.00. The minimum atomic E-state index is -0.563. The van der Waals surface area contributed by atoms with Gasteiger partial charge < -0.3 is 14.8 Å². The molecule has 0 saturated carbocycles. The summed E-state index contributed by atoms with van der Waals surface area (Å²) in [5.41, 5.74) is 0.510. The van der Waals surface area contributed by atoms with Crippen molar-refractivity contribution in [3.8, 4) is 5.75 Å². The highest BCUT2D eigenvalue weighted by atomic mass is 35.5. The van der Waals surface area contributed by atoms with Crippen molar-refractivity contribution >= 4 is 39.7 Å². The van der Waals surface area contributed by atoms with Crippen LogP contribution in [0.1, 0.15) is 9.67 Å². The molecule has 0 aliphatic carbocycles. The van der Waals surface area contributed by atoms with E-state index in [1.54, 1.807) is 0 Å². The minimum absolute atomic E-state index is 0.0467. The van der Waals surface area contributed by atoms with Crippen molar-refractivity contribution in [1.82, 2.24) is 4.98 Å². The Hall–Kier alpha value is -1.86. The third-order valence-corrected chi connectivity index (χ3v) is 3.70. The molecular formula is C12H10ClFN2O3S. The molecule has 0 aliphatic rings. The van der Waals surface area contributed by atoms with Crippen molar-refractivity contribution in [3.63, 3.8) is 0 Å². The predicted molar refractivity (Wildman–Crippen MR) is 74.7 cm³/mol. The quantitative estimate of drug-likeness (QED) is 0.875. The normalized spacial score (nSPS) is 10.2. The summed E-state index contributed by atoms with van der Waals surface area (Å²) in [5, 5.41) is 3.34. The molecule has 0 spiro atoms. The molecule has 0 atom stereocenters. The number of thiazole rings is 1. The van der Waals surface area contributed by atoms with Gasteiger partial charge in [-0.05, 0) is 12.1 Å². The lowest BCUT2D eigenvalue weighted by atomic mass is 10.3. The van der Waals surface area contributed by atoms with Gasteiger partial charge in [0.1, 0.15) is 11.6 Å². The van der Waals surface area contributed by atoms with Crippen molar-refractivity contribution in [2.24, 2.45) is 0 Å². The number of anilines is 2. The fourth-order valence-electron chi connectivity index (χ4n) is 1.46. The first-order valence-electron chi connectivity index (χ1n) is 5.40. The maximum Gasteiger partial charge on any atom is 0.351 e. The highest BCUT2D eigenvalue weighted by Crippen LogP contribution is 2.33. The molecule has 1 aromatic carbocycles.